The van der Waals surface area contributed by atoms with E-state index in [1.165, 1.54) is 11.1 Å². The summed E-state index contributed by atoms with van der Waals surface area (Å²) < 4.78 is 2.56. The second-order valence-corrected chi connectivity index (χ2v) is 6.06. The van der Waals surface area contributed by atoms with Gasteiger partial charge in [-0.2, -0.15) is 5.10 Å². The summed E-state index contributed by atoms with van der Waals surface area (Å²) in [6, 6.07) is 6.80. The highest BCUT2D eigenvalue weighted by Crippen LogP contribution is 2.21. The fourth-order valence-electron chi connectivity index (χ4n) is 2.60. The predicted molar refractivity (Wildman–Crippen MR) is 83.0 cm³/mol. The molecule has 1 aliphatic rings. The Morgan fingerprint density at radius 1 is 1.27 bits per heavy atom. The summed E-state index contributed by atoms with van der Waals surface area (Å²) in [6.45, 7) is 0.471. The van der Waals surface area contributed by atoms with Crippen molar-refractivity contribution >= 4 is 27.8 Å². The van der Waals surface area contributed by atoms with Gasteiger partial charge in [-0.3, -0.25) is 4.79 Å². The van der Waals surface area contributed by atoms with Crippen molar-refractivity contribution in [2.24, 2.45) is 0 Å². The molecular weight excluding hydrogens is 350 g/mol. The molecule has 0 unspecified atom stereocenters. The number of carbonyl (C=O) groups excluding carboxylic acids is 1. The van der Waals surface area contributed by atoms with Crippen LogP contribution in [-0.4, -0.2) is 44.3 Å². The molecule has 3 rings (SSSR count). The maximum atomic E-state index is 12.5. The van der Waals surface area contributed by atoms with E-state index in [0.29, 0.717) is 24.9 Å². The summed E-state index contributed by atoms with van der Waals surface area (Å²) in [7, 11) is 0. The number of aliphatic carboxylic acids is 1. The molecule has 2 heterocycles. The van der Waals surface area contributed by atoms with Gasteiger partial charge in [-0.25, -0.2) is 9.48 Å². The fraction of sp³-hybridized carbons (Fsp3) is 0.267. The number of carboxylic acid groups (broad SMARTS) is 1. The molecule has 114 valence electrons. The third-order valence-corrected chi connectivity index (χ3v) is 4.25. The van der Waals surface area contributed by atoms with Gasteiger partial charge in [0.25, 0.3) is 5.91 Å². The van der Waals surface area contributed by atoms with Crippen LogP contribution in [0, 0.1) is 0 Å². The van der Waals surface area contributed by atoms with Crippen LogP contribution in [0.15, 0.2) is 41.1 Å². The lowest BCUT2D eigenvalue weighted by Gasteiger charge is -2.20. The molecule has 0 aliphatic carbocycles. The smallest absolute Gasteiger partial charge is 0.326 e. The molecule has 1 saturated heterocycles. The molecule has 1 aromatic heterocycles. The van der Waals surface area contributed by atoms with E-state index < -0.39 is 12.0 Å². The molecule has 0 bridgehead atoms. The molecule has 1 aliphatic heterocycles. The number of likely N-dealkylation sites (tertiary alicyclic amines) is 1. The molecule has 1 N–H and O–H groups in total. The monoisotopic (exact) mass is 363 g/mol. The van der Waals surface area contributed by atoms with Gasteiger partial charge in [-0.15, -0.1) is 0 Å². The largest absolute Gasteiger partial charge is 0.480 e. The first kappa shape index (κ1) is 14.8. The maximum Gasteiger partial charge on any atom is 0.326 e. The second kappa shape index (κ2) is 5.92. The topological polar surface area (TPSA) is 75.4 Å². The van der Waals surface area contributed by atoms with E-state index in [1.807, 2.05) is 24.3 Å². The third kappa shape index (κ3) is 2.76. The Balaban J connectivity index is 1.82. The minimum Gasteiger partial charge on any atom is -0.480 e. The lowest BCUT2D eigenvalue weighted by molar-refractivity contribution is -0.141. The average molecular weight is 364 g/mol. The van der Waals surface area contributed by atoms with Crippen molar-refractivity contribution in [2.45, 2.75) is 18.9 Å². The van der Waals surface area contributed by atoms with E-state index >= 15 is 0 Å². The molecule has 1 atom stereocenters. The molecule has 2 aromatic rings. The van der Waals surface area contributed by atoms with Crippen LogP contribution < -0.4 is 0 Å². The van der Waals surface area contributed by atoms with Crippen LogP contribution in [0.3, 0.4) is 0 Å². The molecule has 0 radical (unpaired) electrons. The van der Waals surface area contributed by atoms with Crippen molar-refractivity contribution in [3.8, 4) is 5.69 Å². The number of aromatic nitrogens is 2. The van der Waals surface area contributed by atoms with Gasteiger partial charge in [-0.05, 0) is 37.1 Å². The summed E-state index contributed by atoms with van der Waals surface area (Å²) in [5, 5.41) is 13.4. The first-order valence-electron chi connectivity index (χ1n) is 6.90. The summed E-state index contributed by atoms with van der Waals surface area (Å²) in [5.41, 5.74) is 1.23. The van der Waals surface area contributed by atoms with E-state index in [1.54, 1.807) is 10.9 Å². The van der Waals surface area contributed by atoms with Crippen LogP contribution in [0.4, 0.5) is 0 Å². The van der Waals surface area contributed by atoms with Crippen molar-refractivity contribution in [3.05, 3.63) is 46.7 Å². The van der Waals surface area contributed by atoms with E-state index in [-0.39, 0.29) is 5.91 Å². The van der Waals surface area contributed by atoms with Gasteiger partial charge in [-0.1, -0.05) is 15.9 Å². The van der Waals surface area contributed by atoms with Crippen molar-refractivity contribution in [1.82, 2.24) is 14.7 Å². The van der Waals surface area contributed by atoms with Crippen LogP contribution >= 0.6 is 15.9 Å². The molecule has 1 aromatic carbocycles. The van der Waals surface area contributed by atoms with E-state index in [9.17, 15) is 9.59 Å². The number of hydrogen-bond donors (Lipinski definition) is 1. The molecule has 22 heavy (non-hydrogen) atoms. The van der Waals surface area contributed by atoms with Crippen LogP contribution in [-0.2, 0) is 4.79 Å². The van der Waals surface area contributed by atoms with Gasteiger partial charge in [0.05, 0.1) is 17.4 Å². The zero-order valence-electron chi connectivity index (χ0n) is 11.6. The first-order valence-corrected chi connectivity index (χ1v) is 7.70. The number of nitrogens with zero attached hydrogens (tertiary/aromatic N) is 3. The number of benzene rings is 1. The van der Waals surface area contributed by atoms with E-state index in [0.717, 1.165) is 10.2 Å². The van der Waals surface area contributed by atoms with Crippen molar-refractivity contribution in [3.63, 3.8) is 0 Å². The lowest BCUT2D eigenvalue weighted by Crippen LogP contribution is -2.40. The Hall–Kier alpha value is -2.15. The Morgan fingerprint density at radius 3 is 2.68 bits per heavy atom. The number of carboxylic acids is 1. The molecule has 0 saturated carbocycles. The number of hydrogen-bond acceptors (Lipinski definition) is 3. The standard InChI is InChI=1S/C15H14BrN3O3/c16-11-3-5-12(6-4-11)19-9-10(8-17-19)14(20)18-7-1-2-13(18)15(21)22/h3-6,8-9,13H,1-2,7H2,(H,21,22)/t13-/m1/s1. The van der Waals surface area contributed by atoms with Crippen LogP contribution in [0.25, 0.3) is 5.69 Å². The Labute approximate surface area is 135 Å². The van der Waals surface area contributed by atoms with Crippen LogP contribution in [0.2, 0.25) is 0 Å². The van der Waals surface area contributed by atoms with Crippen LogP contribution in [0.5, 0.6) is 0 Å². The fourth-order valence-corrected chi connectivity index (χ4v) is 2.86. The van der Waals surface area contributed by atoms with Gasteiger partial charge in [0.15, 0.2) is 0 Å². The van der Waals surface area contributed by atoms with Gasteiger partial charge in [0, 0.05) is 17.2 Å². The number of rotatable bonds is 3. The zero-order chi connectivity index (χ0) is 15.7. The molecule has 1 fully saturated rings. The van der Waals surface area contributed by atoms with Crippen LogP contribution in [0.1, 0.15) is 23.2 Å². The SMILES string of the molecule is O=C(O)[C@H]1CCCN1C(=O)c1cnn(-c2ccc(Br)cc2)c1. The highest BCUT2D eigenvalue weighted by atomic mass is 79.9. The predicted octanol–water partition coefficient (Wildman–Crippen LogP) is 2.32. The number of amides is 1. The summed E-state index contributed by atoms with van der Waals surface area (Å²) in [6.07, 6.45) is 4.32. The summed E-state index contributed by atoms with van der Waals surface area (Å²) >= 11 is 3.37. The van der Waals surface area contributed by atoms with Gasteiger partial charge in [0.1, 0.15) is 6.04 Å². The minimum absolute atomic E-state index is 0.284. The third-order valence-electron chi connectivity index (χ3n) is 3.72. The second-order valence-electron chi connectivity index (χ2n) is 5.14. The Morgan fingerprint density at radius 2 is 2.00 bits per heavy atom. The minimum atomic E-state index is -0.953. The number of halogens is 1. The highest BCUT2D eigenvalue weighted by Gasteiger charge is 2.34. The van der Waals surface area contributed by atoms with Gasteiger partial charge in [0.2, 0.25) is 0 Å². The summed E-state index contributed by atoms with van der Waals surface area (Å²) in [5.74, 6) is -1.24. The van der Waals surface area contributed by atoms with E-state index in [4.69, 9.17) is 5.11 Å². The molecule has 6 nitrogen and oxygen atoms in total. The molecule has 7 heteroatoms. The van der Waals surface area contributed by atoms with Crippen molar-refractivity contribution in [2.75, 3.05) is 6.54 Å². The maximum absolute atomic E-state index is 12.5. The van der Waals surface area contributed by atoms with Gasteiger partial charge < -0.3 is 10.0 Å². The van der Waals surface area contributed by atoms with Crippen molar-refractivity contribution in [1.29, 1.82) is 0 Å². The normalized spacial score (nSPS) is 17.7. The Bertz CT molecular complexity index is 711. The molecule has 0 spiro atoms. The average Bonchev–Trinajstić information content (AvgIpc) is 3.17. The lowest BCUT2D eigenvalue weighted by atomic mass is 10.2. The van der Waals surface area contributed by atoms with Gasteiger partial charge >= 0.3 is 5.97 Å². The quantitative estimate of drug-likeness (QED) is 0.907. The molecule has 1 amide bonds. The van der Waals surface area contributed by atoms with E-state index in [2.05, 4.69) is 21.0 Å². The highest BCUT2D eigenvalue weighted by molar-refractivity contribution is 9.10. The zero-order valence-corrected chi connectivity index (χ0v) is 13.2. The van der Waals surface area contributed by atoms with Crippen molar-refractivity contribution < 1.29 is 14.7 Å². The summed E-state index contributed by atoms with van der Waals surface area (Å²) in [4.78, 5) is 25.1. The first-order chi connectivity index (χ1) is 10.6. The Kier molecular flexibility index (Phi) is 3.98. The number of carbonyl (C=O) groups is 2. The molecular formula is C15H14BrN3O3.